The van der Waals surface area contributed by atoms with E-state index in [4.69, 9.17) is 4.74 Å². The summed E-state index contributed by atoms with van der Waals surface area (Å²) >= 11 is 0. The molecule has 3 rings (SSSR count). The predicted molar refractivity (Wildman–Crippen MR) is 112 cm³/mol. The standard InChI is InChI=1S/C25H24O2/c1-3-4-20-13-17-24(18-14-20)27-25(26)23-15-11-22(12-16-23)10-9-21-7-5-19(2)6-8-21/h5-18H,3-4H2,1-2H3/b10-9+. The van der Waals surface area contributed by atoms with Crippen LogP contribution in [0.5, 0.6) is 5.75 Å². The van der Waals surface area contributed by atoms with Gasteiger partial charge in [0.05, 0.1) is 5.56 Å². The average Bonchev–Trinajstić information content (AvgIpc) is 2.70. The monoisotopic (exact) mass is 356 g/mol. The van der Waals surface area contributed by atoms with Crippen molar-refractivity contribution in [2.75, 3.05) is 0 Å². The maximum Gasteiger partial charge on any atom is 0.343 e. The number of aryl methyl sites for hydroxylation is 2. The van der Waals surface area contributed by atoms with E-state index in [9.17, 15) is 4.79 Å². The summed E-state index contributed by atoms with van der Waals surface area (Å²) in [5.74, 6) is 0.232. The number of esters is 1. The summed E-state index contributed by atoms with van der Waals surface area (Å²) in [7, 11) is 0. The second kappa shape index (κ2) is 9.00. The number of carbonyl (C=O) groups excluding carboxylic acids is 1. The van der Waals surface area contributed by atoms with Gasteiger partial charge in [0.15, 0.2) is 0 Å². The van der Waals surface area contributed by atoms with Crippen molar-refractivity contribution >= 4 is 18.1 Å². The lowest BCUT2D eigenvalue weighted by Crippen LogP contribution is -2.08. The molecule has 0 N–H and O–H groups in total. The zero-order valence-corrected chi connectivity index (χ0v) is 15.8. The normalized spacial score (nSPS) is 10.9. The Morgan fingerprint density at radius 1 is 0.815 bits per heavy atom. The van der Waals surface area contributed by atoms with Crippen LogP contribution < -0.4 is 4.74 Å². The largest absolute Gasteiger partial charge is 0.423 e. The molecule has 2 heteroatoms. The number of hydrogen-bond donors (Lipinski definition) is 0. The quantitative estimate of drug-likeness (QED) is 0.293. The summed E-state index contributed by atoms with van der Waals surface area (Å²) in [6.45, 7) is 4.22. The molecule has 0 heterocycles. The predicted octanol–water partition coefficient (Wildman–Crippen LogP) is 6.34. The van der Waals surface area contributed by atoms with Crippen molar-refractivity contribution in [3.05, 3.63) is 101 Å². The van der Waals surface area contributed by atoms with E-state index in [2.05, 4.69) is 44.2 Å². The maximum atomic E-state index is 12.3. The van der Waals surface area contributed by atoms with Gasteiger partial charge < -0.3 is 4.74 Å². The Morgan fingerprint density at radius 2 is 1.37 bits per heavy atom. The van der Waals surface area contributed by atoms with Crippen LogP contribution >= 0.6 is 0 Å². The van der Waals surface area contributed by atoms with Crippen LogP contribution in [-0.2, 0) is 6.42 Å². The van der Waals surface area contributed by atoms with Crippen LogP contribution in [0.25, 0.3) is 12.2 Å². The second-order valence-corrected chi connectivity index (χ2v) is 6.65. The highest BCUT2D eigenvalue weighted by atomic mass is 16.5. The number of hydrogen-bond acceptors (Lipinski definition) is 2. The van der Waals surface area contributed by atoms with Crippen LogP contribution in [0, 0.1) is 6.92 Å². The first-order chi connectivity index (χ1) is 13.1. The zero-order chi connectivity index (χ0) is 19.1. The van der Waals surface area contributed by atoms with Crippen LogP contribution in [0.15, 0.2) is 72.8 Å². The number of ether oxygens (including phenoxy) is 1. The van der Waals surface area contributed by atoms with Gasteiger partial charge in [-0.3, -0.25) is 0 Å². The first kappa shape index (κ1) is 18.7. The summed E-state index contributed by atoms with van der Waals surface area (Å²) in [6, 6.07) is 23.5. The highest BCUT2D eigenvalue weighted by Gasteiger charge is 2.08. The van der Waals surface area contributed by atoms with Crippen LogP contribution in [0.2, 0.25) is 0 Å². The fourth-order valence-electron chi connectivity index (χ4n) is 2.78. The van der Waals surface area contributed by atoms with Crippen LogP contribution in [0.4, 0.5) is 0 Å². The molecule has 0 aromatic heterocycles. The van der Waals surface area contributed by atoms with Gasteiger partial charge in [-0.2, -0.15) is 0 Å². The molecule has 0 spiro atoms. The average molecular weight is 356 g/mol. The molecular weight excluding hydrogens is 332 g/mol. The van der Waals surface area contributed by atoms with Gasteiger partial charge >= 0.3 is 5.97 Å². The van der Waals surface area contributed by atoms with Crippen molar-refractivity contribution < 1.29 is 9.53 Å². The molecule has 3 aromatic rings. The molecule has 27 heavy (non-hydrogen) atoms. The molecule has 0 bridgehead atoms. The Morgan fingerprint density at radius 3 is 1.93 bits per heavy atom. The Bertz CT molecular complexity index is 902. The molecule has 0 radical (unpaired) electrons. The molecule has 0 aliphatic carbocycles. The molecule has 0 saturated heterocycles. The minimum atomic E-state index is -0.340. The molecule has 0 fully saturated rings. The van der Waals surface area contributed by atoms with Gasteiger partial charge in [0.1, 0.15) is 5.75 Å². The fraction of sp³-hybridized carbons (Fsp3) is 0.160. The van der Waals surface area contributed by atoms with Gasteiger partial charge in [0, 0.05) is 0 Å². The topological polar surface area (TPSA) is 26.3 Å². The molecule has 3 aromatic carbocycles. The van der Waals surface area contributed by atoms with Crippen LogP contribution in [0.3, 0.4) is 0 Å². The van der Waals surface area contributed by atoms with Gasteiger partial charge in [0.25, 0.3) is 0 Å². The van der Waals surface area contributed by atoms with Crippen molar-refractivity contribution in [2.45, 2.75) is 26.7 Å². The number of benzene rings is 3. The fourth-order valence-corrected chi connectivity index (χ4v) is 2.78. The van der Waals surface area contributed by atoms with E-state index in [-0.39, 0.29) is 5.97 Å². The van der Waals surface area contributed by atoms with Gasteiger partial charge in [-0.25, -0.2) is 4.79 Å². The first-order valence-corrected chi connectivity index (χ1v) is 9.30. The van der Waals surface area contributed by atoms with Crippen LogP contribution in [-0.4, -0.2) is 5.97 Å². The van der Waals surface area contributed by atoms with Gasteiger partial charge in [0.2, 0.25) is 0 Å². The molecule has 0 aliphatic heterocycles. The highest BCUT2D eigenvalue weighted by Crippen LogP contribution is 2.16. The lowest BCUT2D eigenvalue weighted by atomic mass is 10.1. The summed E-state index contributed by atoms with van der Waals surface area (Å²) < 4.78 is 5.46. The summed E-state index contributed by atoms with van der Waals surface area (Å²) in [6.07, 6.45) is 6.23. The molecule has 0 saturated carbocycles. The smallest absolute Gasteiger partial charge is 0.343 e. The van der Waals surface area contributed by atoms with E-state index in [1.165, 1.54) is 11.1 Å². The third-order valence-corrected chi connectivity index (χ3v) is 4.36. The first-order valence-electron chi connectivity index (χ1n) is 9.30. The van der Waals surface area contributed by atoms with E-state index in [0.29, 0.717) is 11.3 Å². The van der Waals surface area contributed by atoms with E-state index < -0.39 is 0 Å². The summed E-state index contributed by atoms with van der Waals surface area (Å²) in [5.41, 5.74) is 5.23. The van der Waals surface area contributed by atoms with Crippen molar-refractivity contribution in [3.8, 4) is 5.75 Å². The molecular formula is C25H24O2. The van der Waals surface area contributed by atoms with E-state index in [1.807, 2.05) is 42.5 Å². The lowest BCUT2D eigenvalue weighted by Gasteiger charge is -2.06. The minimum Gasteiger partial charge on any atom is -0.423 e. The van der Waals surface area contributed by atoms with Crippen molar-refractivity contribution in [1.29, 1.82) is 0 Å². The minimum absolute atomic E-state index is 0.340. The molecule has 0 atom stereocenters. The van der Waals surface area contributed by atoms with E-state index in [1.54, 1.807) is 12.1 Å². The summed E-state index contributed by atoms with van der Waals surface area (Å²) in [5, 5.41) is 0. The zero-order valence-electron chi connectivity index (χ0n) is 15.8. The van der Waals surface area contributed by atoms with Gasteiger partial charge in [-0.1, -0.05) is 79.6 Å². The molecule has 0 aliphatic rings. The maximum absolute atomic E-state index is 12.3. The Labute approximate surface area is 161 Å². The van der Waals surface area contributed by atoms with Gasteiger partial charge in [-0.05, 0) is 54.3 Å². The molecule has 0 unspecified atom stereocenters. The third-order valence-electron chi connectivity index (χ3n) is 4.36. The van der Waals surface area contributed by atoms with Crippen molar-refractivity contribution in [2.24, 2.45) is 0 Å². The molecule has 136 valence electrons. The van der Waals surface area contributed by atoms with Crippen LogP contribution in [0.1, 0.15) is 46.0 Å². The summed E-state index contributed by atoms with van der Waals surface area (Å²) in [4.78, 5) is 12.3. The Kier molecular flexibility index (Phi) is 6.22. The second-order valence-electron chi connectivity index (χ2n) is 6.65. The van der Waals surface area contributed by atoms with E-state index in [0.717, 1.165) is 24.0 Å². The third kappa shape index (κ3) is 5.42. The van der Waals surface area contributed by atoms with Gasteiger partial charge in [-0.15, -0.1) is 0 Å². The molecule has 0 amide bonds. The molecule has 2 nitrogen and oxygen atoms in total. The number of carbonyl (C=O) groups is 1. The number of rotatable bonds is 6. The Balaban J connectivity index is 1.62. The van der Waals surface area contributed by atoms with Crippen molar-refractivity contribution in [1.82, 2.24) is 0 Å². The van der Waals surface area contributed by atoms with E-state index >= 15 is 0 Å². The Hall–Kier alpha value is -3.13. The van der Waals surface area contributed by atoms with Crippen molar-refractivity contribution in [3.63, 3.8) is 0 Å². The SMILES string of the molecule is CCCc1ccc(OC(=O)c2ccc(/C=C/c3ccc(C)cc3)cc2)cc1. The highest BCUT2D eigenvalue weighted by molar-refractivity contribution is 5.91. The lowest BCUT2D eigenvalue weighted by molar-refractivity contribution is 0.0734.